The molecule has 0 N–H and O–H groups in total. The average Bonchev–Trinajstić information content (AvgIpc) is 2.78. The molecule has 1 fully saturated rings. The Labute approximate surface area is 100 Å². The van der Waals surface area contributed by atoms with Crippen molar-refractivity contribution in [1.29, 1.82) is 0 Å². The minimum Gasteiger partial charge on any atom is -0.375 e. The molecule has 1 atom stereocenters. The van der Waals surface area contributed by atoms with E-state index in [1.807, 2.05) is 17.9 Å². The van der Waals surface area contributed by atoms with Gasteiger partial charge in [-0.1, -0.05) is 6.07 Å². The Bertz CT molecular complexity index is 337. The van der Waals surface area contributed by atoms with Gasteiger partial charge >= 0.3 is 0 Å². The van der Waals surface area contributed by atoms with Crippen LogP contribution in [-0.2, 0) is 16.0 Å². The first kappa shape index (κ1) is 11.6. The van der Waals surface area contributed by atoms with Gasteiger partial charge in [0, 0.05) is 24.4 Å². The van der Waals surface area contributed by atoms with Gasteiger partial charge in [0.15, 0.2) is 0 Å². The lowest BCUT2D eigenvalue weighted by atomic mass is 10.2. The molecule has 2 heterocycles. The molecule has 0 aliphatic carbocycles. The zero-order valence-corrected chi connectivity index (χ0v) is 10.3. The molecule has 0 bridgehead atoms. The molecule has 88 valence electrons. The van der Waals surface area contributed by atoms with Crippen molar-refractivity contribution in [3.63, 3.8) is 0 Å². The fourth-order valence-electron chi connectivity index (χ4n) is 1.89. The summed E-state index contributed by atoms with van der Waals surface area (Å²) in [5.74, 6) is 0.253. The fourth-order valence-corrected chi connectivity index (χ4v) is 2.60. The summed E-state index contributed by atoms with van der Waals surface area (Å²) in [7, 11) is 0. The number of nitrogens with zero attached hydrogens (tertiary/aromatic N) is 1. The number of carbonyl (C=O) groups is 1. The van der Waals surface area contributed by atoms with Crippen LogP contribution in [0, 0.1) is 0 Å². The maximum absolute atomic E-state index is 11.9. The molecule has 3 nitrogen and oxygen atoms in total. The van der Waals surface area contributed by atoms with Gasteiger partial charge in [-0.05, 0) is 24.8 Å². The van der Waals surface area contributed by atoms with Crippen molar-refractivity contribution in [2.45, 2.75) is 25.9 Å². The number of hydrogen-bond acceptors (Lipinski definition) is 3. The molecular formula is C12H17NO2S. The number of hydrogen-bond donors (Lipinski definition) is 0. The third-order valence-electron chi connectivity index (χ3n) is 2.76. The summed E-state index contributed by atoms with van der Waals surface area (Å²) < 4.78 is 5.42. The molecule has 1 aromatic heterocycles. The molecule has 0 radical (unpaired) electrons. The van der Waals surface area contributed by atoms with E-state index in [2.05, 4.69) is 11.4 Å². The van der Waals surface area contributed by atoms with Gasteiger partial charge in [-0.15, -0.1) is 11.3 Å². The predicted octanol–water partition coefficient (Wildman–Crippen LogP) is 1.93. The van der Waals surface area contributed by atoms with Crippen LogP contribution in [0.4, 0.5) is 0 Å². The highest BCUT2D eigenvalue weighted by molar-refractivity contribution is 7.09. The Kier molecular flexibility index (Phi) is 3.96. The van der Waals surface area contributed by atoms with Crippen LogP contribution in [0.25, 0.3) is 0 Å². The third-order valence-corrected chi connectivity index (χ3v) is 3.70. The Morgan fingerprint density at radius 1 is 1.69 bits per heavy atom. The van der Waals surface area contributed by atoms with E-state index in [0.29, 0.717) is 13.0 Å². The van der Waals surface area contributed by atoms with Gasteiger partial charge in [-0.3, -0.25) is 4.79 Å². The summed E-state index contributed by atoms with van der Waals surface area (Å²) >= 11 is 1.72. The molecule has 1 unspecified atom stereocenters. The largest absolute Gasteiger partial charge is 0.375 e. The van der Waals surface area contributed by atoms with Gasteiger partial charge in [0.25, 0.3) is 0 Å². The van der Waals surface area contributed by atoms with E-state index >= 15 is 0 Å². The lowest BCUT2D eigenvalue weighted by Crippen LogP contribution is -2.44. The molecule has 0 saturated carbocycles. The first-order valence-corrected chi connectivity index (χ1v) is 6.55. The zero-order valence-electron chi connectivity index (χ0n) is 9.52. The molecule has 16 heavy (non-hydrogen) atoms. The summed E-state index contributed by atoms with van der Waals surface area (Å²) in [6.45, 7) is 4.17. The van der Waals surface area contributed by atoms with Gasteiger partial charge in [0.1, 0.15) is 0 Å². The van der Waals surface area contributed by atoms with Gasteiger partial charge in [0.2, 0.25) is 5.91 Å². The number of amides is 1. The van der Waals surface area contributed by atoms with E-state index in [1.165, 1.54) is 4.88 Å². The highest BCUT2D eigenvalue weighted by Gasteiger charge is 2.20. The monoisotopic (exact) mass is 239 g/mol. The van der Waals surface area contributed by atoms with E-state index in [0.717, 1.165) is 19.5 Å². The Morgan fingerprint density at radius 3 is 3.25 bits per heavy atom. The molecule has 0 spiro atoms. The van der Waals surface area contributed by atoms with E-state index < -0.39 is 0 Å². The van der Waals surface area contributed by atoms with Crippen molar-refractivity contribution >= 4 is 17.2 Å². The smallest absolute Gasteiger partial charge is 0.223 e. The van der Waals surface area contributed by atoms with Crippen LogP contribution in [0.3, 0.4) is 0 Å². The molecule has 1 aromatic rings. The van der Waals surface area contributed by atoms with E-state index in [-0.39, 0.29) is 12.0 Å². The number of rotatable bonds is 3. The van der Waals surface area contributed by atoms with Gasteiger partial charge in [-0.2, -0.15) is 0 Å². The van der Waals surface area contributed by atoms with Crippen LogP contribution in [0.15, 0.2) is 17.5 Å². The second kappa shape index (κ2) is 5.46. The Balaban J connectivity index is 1.79. The molecule has 0 aromatic carbocycles. The summed E-state index contributed by atoms with van der Waals surface area (Å²) in [5.41, 5.74) is 0. The highest BCUT2D eigenvalue weighted by atomic mass is 32.1. The molecule has 1 amide bonds. The maximum atomic E-state index is 11.9. The van der Waals surface area contributed by atoms with Crippen LogP contribution in [-0.4, -0.2) is 36.6 Å². The Morgan fingerprint density at radius 2 is 2.56 bits per heavy atom. The molecule has 4 heteroatoms. The lowest BCUT2D eigenvalue weighted by Gasteiger charge is -2.31. The second-order valence-electron chi connectivity index (χ2n) is 4.10. The lowest BCUT2D eigenvalue weighted by molar-refractivity contribution is -0.138. The van der Waals surface area contributed by atoms with E-state index in [4.69, 9.17) is 4.74 Å². The highest BCUT2D eigenvalue weighted by Crippen LogP contribution is 2.13. The van der Waals surface area contributed by atoms with Gasteiger partial charge in [0.05, 0.1) is 12.7 Å². The number of carbonyl (C=O) groups excluding carboxylic acids is 1. The molecule has 2 rings (SSSR count). The first-order chi connectivity index (χ1) is 7.75. The number of ether oxygens (including phenoxy) is 1. The van der Waals surface area contributed by atoms with E-state index in [9.17, 15) is 4.79 Å². The maximum Gasteiger partial charge on any atom is 0.223 e. The predicted molar refractivity (Wildman–Crippen MR) is 64.6 cm³/mol. The van der Waals surface area contributed by atoms with Crippen molar-refractivity contribution in [3.05, 3.63) is 22.4 Å². The minimum absolute atomic E-state index is 0.180. The molecule has 1 saturated heterocycles. The number of aryl methyl sites for hydroxylation is 1. The van der Waals surface area contributed by atoms with Crippen LogP contribution in [0.5, 0.6) is 0 Å². The standard InChI is InChI=1S/C12H17NO2S/c1-10-9-13(6-7-15-10)12(14)5-4-11-3-2-8-16-11/h2-3,8,10H,4-7,9H2,1H3. The molecule has 1 aliphatic heterocycles. The zero-order chi connectivity index (χ0) is 11.4. The fraction of sp³-hybridized carbons (Fsp3) is 0.583. The second-order valence-corrected chi connectivity index (χ2v) is 5.13. The van der Waals surface area contributed by atoms with E-state index in [1.54, 1.807) is 11.3 Å². The first-order valence-electron chi connectivity index (χ1n) is 5.67. The van der Waals surface area contributed by atoms with Crippen LogP contribution < -0.4 is 0 Å². The van der Waals surface area contributed by atoms with Crippen molar-refractivity contribution < 1.29 is 9.53 Å². The van der Waals surface area contributed by atoms with Gasteiger partial charge in [-0.25, -0.2) is 0 Å². The van der Waals surface area contributed by atoms with Gasteiger partial charge < -0.3 is 9.64 Å². The summed E-state index contributed by atoms with van der Waals surface area (Å²) in [4.78, 5) is 15.1. The number of thiophene rings is 1. The van der Waals surface area contributed by atoms with Crippen molar-refractivity contribution in [3.8, 4) is 0 Å². The summed E-state index contributed by atoms with van der Waals surface area (Å²) in [5, 5.41) is 2.05. The number of morpholine rings is 1. The van der Waals surface area contributed by atoms with Crippen LogP contribution in [0.2, 0.25) is 0 Å². The SMILES string of the molecule is CC1CN(C(=O)CCc2cccs2)CCO1. The summed E-state index contributed by atoms with van der Waals surface area (Å²) in [6.07, 6.45) is 1.66. The van der Waals surface area contributed by atoms with Crippen molar-refractivity contribution in [1.82, 2.24) is 4.90 Å². The van der Waals surface area contributed by atoms with Crippen molar-refractivity contribution in [2.24, 2.45) is 0 Å². The van der Waals surface area contributed by atoms with Crippen LogP contribution in [0.1, 0.15) is 18.2 Å². The molecular weight excluding hydrogens is 222 g/mol. The normalized spacial score (nSPS) is 21.1. The van der Waals surface area contributed by atoms with Crippen LogP contribution >= 0.6 is 11.3 Å². The Hall–Kier alpha value is -0.870. The minimum atomic E-state index is 0.180. The average molecular weight is 239 g/mol. The topological polar surface area (TPSA) is 29.5 Å². The quantitative estimate of drug-likeness (QED) is 0.806. The summed E-state index contributed by atoms with van der Waals surface area (Å²) in [6, 6.07) is 4.11. The third kappa shape index (κ3) is 3.06. The van der Waals surface area contributed by atoms with Crippen molar-refractivity contribution in [2.75, 3.05) is 19.7 Å². The molecule has 1 aliphatic rings.